The third-order valence-corrected chi connectivity index (χ3v) is 7.56. The molecule has 4 heteroatoms. The Morgan fingerprint density at radius 1 is 0.500 bits per heavy atom. The Hall–Kier alpha value is -5.09. The highest BCUT2D eigenvalue weighted by molar-refractivity contribution is 6.11. The van der Waals surface area contributed by atoms with Crippen LogP contribution in [-0.2, 0) is 6.42 Å². The molecular formula is C36H28N4. The van der Waals surface area contributed by atoms with Gasteiger partial charge in [0, 0.05) is 33.2 Å². The van der Waals surface area contributed by atoms with Gasteiger partial charge in [-0.1, -0.05) is 104 Å². The van der Waals surface area contributed by atoms with E-state index in [1.807, 2.05) is 60.7 Å². The van der Waals surface area contributed by atoms with E-state index in [1.165, 1.54) is 32.9 Å². The monoisotopic (exact) mass is 516 g/mol. The highest BCUT2D eigenvalue weighted by atomic mass is 15.0. The number of benzene rings is 5. The molecule has 0 spiro atoms. The molecule has 7 aromatic rings. The number of aromatic nitrogens is 4. The molecule has 2 heterocycles. The van der Waals surface area contributed by atoms with Gasteiger partial charge in [-0.15, -0.1) is 0 Å². The fourth-order valence-corrected chi connectivity index (χ4v) is 5.60. The molecule has 0 amide bonds. The second kappa shape index (κ2) is 9.90. The lowest BCUT2D eigenvalue weighted by molar-refractivity contribution is 1.07. The summed E-state index contributed by atoms with van der Waals surface area (Å²) in [4.78, 5) is 14.6. The topological polar surface area (TPSA) is 43.6 Å². The molecule has 0 radical (unpaired) electrons. The molecule has 7 rings (SSSR count). The van der Waals surface area contributed by atoms with Gasteiger partial charge >= 0.3 is 0 Å². The van der Waals surface area contributed by atoms with Gasteiger partial charge in [0.05, 0.1) is 11.0 Å². The summed E-state index contributed by atoms with van der Waals surface area (Å²) in [5.41, 5.74) is 9.14. The Labute approximate surface area is 233 Å². The minimum Gasteiger partial charge on any atom is -0.309 e. The quantitative estimate of drug-likeness (QED) is 0.229. The van der Waals surface area contributed by atoms with E-state index in [0.717, 1.165) is 28.8 Å². The van der Waals surface area contributed by atoms with Crippen molar-refractivity contribution in [2.75, 3.05) is 0 Å². The van der Waals surface area contributed by atoms with E-state index in [2.05, 4.69) is 79.1 Å². The SMILES string of the molecule is CCc1cccc2c3cccc(C)c3n(-c3ccc(-c4nc(-c5ccccc5)nc(-c5ccccc5)n4)cc3)c12. The van der Waals surface area contributed by atoms with E-state index in [9.17, 15) is 0 Å². The minimum absolute atomic E-state index is 0.659. The molecule has 0 bridgehead atoms. The molecule has 5 aromatic carbocycles. The maximum Gasteiger partial charge on any atom is 0.164 e. The lowest BCUT2D eigenvalue weighted by Gasteiger charge is -2.13. The van der Waals surface area contributed by atoms with Crippen LogP contribution in [0.2, 0.25) is 0 Å². The predicted molar refractivity (Wildman–Crippen MR) is 165 cm³/mol. The molecule has 0 aliphatic rings. The Bertz CT molecular complexity index is 1910. The standard InChI is InChI=1S/C36H28N4/c1-3-25-17-11-19-31-30-18-10-12-24(2)32(30)40(33(25)31)29-22-20-28(21-23-29)36-38-34(26-13-6-4-7-14-26)37-35(39-36)27-15-8-5-9-16-27/h4-23H,3H2,1-2H3. The first-order chi connectivity index (χ1) is 19.7. The van der Waals surface area contributed by atoms with Crippen molar-refractivity contribution in [3.8, 4) is 39.9 Å². The molecule has 40 heavy (non-hydrogen) atoms. The number of para-hydroxylation sites is 2. The van der Waals surface area contributed by atoms with Crippen LogP contribution in [0, 0.1) is 6.92 Å². The van der Waals surface area contributed by atoms with Crippen molar-refractivity contribution in [3.05, 3.63) is 132 Å². The van der Waals surface area contributed by atoms with Gasteiger partial charge in [0.25, 0.3) is 0 Å². The Balaban J connectivity index is 1.40. The molecule has 4 nitrogen and oxygen atoms in total. The summed E-state index contributed by atoms with van der Waals surface area (Å²) in [6.07, 6.45) is 0.972. The summed E-state index contributed by atoms with van der Waals surface area (Å²) in [6, 6.07) is 42.0. The summed E-state index contributed by atoms with van der Waals surface area (Å²) in [5.74, 6) is 1.99. The summed E-state index contributed by atoms with van der Waals surface area (Å²) in [6.45, 7) is 4.42. The van der Waals surface area contributed by atoms with Crippen molar-refractivity contribution in [2.24, 2.45) is 0 Å². The lowest BCUT2D eigenvalue weighted by Crippen LogP contribution is -2.01. The average molecular weight is 517 g/mol. The number of fused-ring (bicyclic) bond motifs is 3. The molecule has 2 aromatic heterocycles. The first-order valence-electron chi connectivity index (χ1n) is 13.7. The second-order valence-corrected chi connectivity index (χ2v) is 10.1. The molecule has 0 N–H and O–H groups in total. The molecule has 0 aliphatic carbocycles. The van der Waals surface area contributed by atoms with Gasteiger partial charge < -0.3 is 4.57 Å². The zero-order valence-corrected chi connectivity index (χ0v) is 22.5. The van der Waals surface area contributed by atoms with Gasteiger partial charge in [0.1, 0.15) is 0 Å². The highest BCUT2D eigenvalue weighted by Crippen LogP contribution is 2.36. The summed E-state index contributed by atoms with van der Waals surface area (Å²) in [5, 5.41) is 2.58. The second-order valence-electron chi connectivity index (χ2n) is 10.1. The van der Waals surface area contributed by atoms with Crippen LogP contribution in [0.1, 0.15) is 18.1 Å². The van der Waals surface area contributed by atoms with E-state index in [4.69, 9.17) is 15.0 Å². The Kier molecular flexibility index (Phi) is 5.94. The van der Waals surface area contributed by atoms with E-state index >= 15 is 0 Å². The van der Waals surface area contributed by atoms with Crippen LogP contribution in [-0.4, -0.2) is 19.5 Å². The Morgan fingerprint density at radius 3 is 1.55 bits per heavy atom. The molecule has 0 atom stereocenters. The summed E-state index contributed by atoms with van der Waals surface area (Å²) < 4.78 is 2.42. The molecule has 0 aliphatic heterocycles. The first-order valence-corrected chi connectivity index (χ1v) is 13.7. The van der Waals surface area contributed by atoms with Crippen molar-refractivity contribution in [1.29, 1.82) is 0 Å². The molecule has 0 fully saturated rings. The first kappa shape index (κ1) is 24.0. The fourth-order valence-electron chi connectivity index (χ4n) is 5.60. The van der Waals surface area contributed by atoms with Crippen LogP contribution in [0.3, 0.4) is 0 Å². The van der Waals surface area contributed by atoms with Crippen LogP contribution in [0.25, 0.3) is 61.7 Å². The molecule has 0 unspecified atom stereocenters. The maximum absolute atomic E-state index is 4.90. The minimum atomic E-state index is 0.659. The number of rotatable bonds is 5. The molecule has 0 saturated carbocycles. The number of aryl methyl sites for hydroxylation is 2. The third kappa shape index (κ3) is 4.05. The fraction of sp³-hybridized carbons (Fsp3) is 0.0833. The van der Waals surface area contributed by atoms with Crippen LogP contribution in [0.15, 0.2) is 121 Å². The van der Waals surface area contributed by atoms with Gasteiger partial charge in [-0.05, 0) is 48.7 Å². The third-order valence-electron chi connectivity index (χ3n) is 7.56. The summed E-state index contributed by atoms with van der Waals surface area (Å²) >= 11 is 0. The average Bonchev–Trinajstić information content (AvgIpc) is 3.38. The maximum atomic E-state index is 4.90. The van der Waals surface area contributed by atoms with Crippen molar-refractivity contribution in [3.63, 3.8) is 0 Å². The lowest BCUT2D eigenvalue weighted by atomic mass is 10.1. The van der Waals surface area contributed by atoms with E-state index in [-0.39, 0.29) is 0 Å². The van der Waals surface area contributed by atoms with E-state index < -0.39 is 0 Å². The van der Waals surface area contributed by atoms with Crippen LogP contribution in [0.5, 0.6) is 0 Å². The van der Waals surface area contributed by atoms with Crippen LogP contribution < -0.4 is 0 Å². The predicted octanol–water partition coefficient (Wildman–Crippen LogP) is 8.84. The molecule has 192 valence electrons. The normalized spacial score (nSPS) is 11.3. The number of nitrogens with zero attached hydrogens (tertiary/aromatic N) is 4. The van der Waals surface area contributed by atoms with Crippen LogP contribution in [0.4, 0.5) is 0 Å². The number of hydrogen-bond acceptors (Lipinski definition) is 3. The van der Waals surface area contributed by atoms with E-state index in [0.29, 0.717) is 17.5 Å². The van der Waals surface area contributed by atoms with Gasteiger partial charge in [-0.2, -0.15) is 0 Å². The molecular weight excluding hydrogens is 488 g/mol. The van der Waals surface area contributed by atoms with Crippen molar-refractivity contribution in [1.82, 2.24) is 19.5 Å². The van der Waals surface area contributed by atoms with Gasteiger partial charge in [0.2, 0.25) is 0 Å². The van der Waals surface area contributed by atoms with Gasteiger partial charge in [-0.25, -0.2) is 15.0 Å². The molecule has 0 saturated heterocycles. The van der Waals surface area contributed by atoms with Crippen molar-refractivity contribution < 1.29 is 0 Å². The van der Waals surface area contributed by atoms with E-state index in [1.54, 1.807) is 0 Å². The van der Waals surface area contributed by atoms with Crippen molar-refractivity contribution in [2.45, 2.75) is 20.3 Å². The number of hydrogen-bond donors (Lipinski definition) is 0. The van der Waals surface area contributed by atoms with Gasteiger partial charge in [0.15, 0.2) is 17.5 Å². The largest absolute Gasteiger partial charge is 0.309 e. The Morgan fingerprint density at radius 2 is 1.00 bits per heavy atom. The zero-order valence-electron chi connectivity index (χ0n) is 22.5. The smallest absolute Gasteiger partial charge is 0.164 e. The van der Waals surface area contributed by atoms with Crippen LogP contribution >= 0.6 is 0 Å². The zero-order chi connectivity index (χ0) is 27.1. The summed E-state index contributed by atoms with van der Waals surface area (Å²) in [7, 11) is 0. The van der Waals surface area contributed by atoms with Gasteiger partial charge in [-0.3, -0.25) is 0 Å². The highest BCUT2D eigenvalue weighted by Gasteiger charge is 2.17. The van der Waals surface area contributed by atoms with Crippen molar-refractivity contribution >= 4 is 21.8 Å².